The molecule has 2 aromatic rings. The Morgan fingerprint density at radius 1 is 1.31 bits per heavy atom. The molecule has 0 unspecified atom stereocenters. The highest BCUT2D eigenvalue weighted by atomic mass is 79.9. The van der Waals surface area contributed by atoms with Crippen LogP contribution >= 0.6 is 27.3 Å². The summed E-state index contributed by atoms with van der Waals surface area (Å²) in [6, 6.07) is 3.93. The van der Waals surface area contributed by atoms with Crippen LogP contribution in [-0.4, -0.2) is 9.97 Å². The van der Waals surface area contributed by atoms with E-state index in [0.717, 1.165) is 20.1 Å². The molecule has 0 saturated carbocycles. The zero-order valence-corrected chi connectivity index (χ0v) is 9.39. The Hall–Kier alpha value is -0.740. The first-order valence-electron chi connectivity index (χ1n) is 3.80. The molecule has 0 saturated heterocycles. The number of hydrogen-bond acceptors (Lipinski definition) is 3. The maximum absolute atomic E-state index is 4.42. The number of rotatable bonds is 1. The van der Waals surface area contributed by atoms with Crippen molar-refractivity contribution < 1.29 is 0 Å². The van der Waals surface area contributed by atoms with Crippen LogP contribution in [0.2, 0.25) is 0 Å². The second kappa shape index (κ2) is 3.55. The summed E-state index contributed by atoms with van der Waals surface area (Å²) in [7, 11) is 0. The number of aryl methyl sites for hydroxylation is 1. The molecule has 0 bridgehead atoms. The molecule has 2 rings (SSSR count). The molecule has 4 heteroatoms. The quantitative estimate of drug-likeness (QED) is 0.781. The Morgan fingerprint density at radius 2 is 2.00 bits per heavy atom. The van der Waals surface area contributed by atoms with Crippen LogP contribution < -0.4 is 0 Å². The SMILES string of the molecule is Cc1nc(-c2ccncc2)sc1Br. The molecule has 0 atom stereocenters. The van der Waals surface area contributed by atoms with Crippen LogP contribution in [-0.2, 0) is 0 Å². The van der Waals surface area contributed by atoms with Crippen LogP contribution in [0.25, 0.3) is 10.6 Å². The molecular weight excluding hydrogens is 248 g/mol. The molecule has 66 valence electrons. The third kappa shape index (κ3) is 1.78. The standard InChI is InChI=1S/C9H7BrN2S/c1-6-8(10)13-9(12-6)7-2-4-11-5-3-7/h2-5H,1H3. The van der Waals surface area contributed by atoms with Gasteiger partial charge in [-0.1, -0.05) is 0 Å². The summed E-state index contributed by atoms with van der Waals surface area (Å²) < 4.78 is 1.10. The van der Waals surface area contributed by atoms with E-state index in [9.17, 15) is 0 Å². The van der Waals surface area contributed by atoms with Crippen molar-refractivity contribution in [3.8, 4) is 10.6 Å². The van der Waals surface area contributed by atoms with Crippen LogP contribution in [0, 0.1) is 6.92 Å². The monoisotopic (exact) mass is 254 g/mol. The number of nitrogens with zero attached hydrogens (tertiary/aromatic N) is 2. The molecule has 2 heterocycles. The molecule has 0 N–H and O–H groups in total. The van der Waals surface area contributed by atoms with Gasteiger partial charge in [0.2, 0.25) is 0 Å². The summed E-state index contributed by atoms with van der Waals surface area (Å²) >= 11 is 5.10. The summed E-state index contributed by atoms with van der Waals surface area (Å²) in [6.07, 6.45) is 3.56. The molecule has 0 aliphatic carbocycles. The van der Waals surface area contributed by atoms with Crippen molar-refractivity contribution in [2.75, 3.05) is 0 Å². The number of thiazole rings is 1. The fourth-order valence-corrected chi connectivity index (χ4v) is 2.34. The van der Waals surface area contributed by atoms with Gasteiger partial charge in [-0.25, -0.2) is 4.98 Å². The van der Waals surface area contributed by atoms with E-state index in [1.54, 1.807) is 23.7 Å². The zero-order chi connectivity index (χ0) is 9.26. The lowest BCUT2D eigenvalue weighted by Gasteiger charge is -1.91. The van der Waals surface area contributed by atoms with E-state index >= 15 is 0 Å². The second-order valence-electron chi connectivity index (χ2n) is 2.61. The minimum Gasteiger partial charge on any atom is -0.265 e. The number of aromatic nitrogens is 2. The number of halogens is 1. The van der Waals surface area contributed by atoms with E-state index < -0.39 is 0 Å². The Kier molecular flexibility index (Phi) is 2.42. The summed E-state index contributed by atoms with van der Waals surface area (Å²) in [4.78, 5) is 8.39. The summed E-state index contributed by atoms with van der Waals surface area (Å²) in [5, 5.41) is 1.03. The van der Waals surface area contributed by atoms with Gasteiger partial charge in [-0.05, 0) is 35.0 Å². The predicted molar refractivity (Wildman–Crippen MR) is 57.8 cm³/mol. The minimum absolute atomic E-state index is 1.03. The molecule has 0 fully saturated rings. The van der Waals surface area contributed by atoms with Gasteiger partial charge in [0.1, 0.15) is 5.01 Å². The van der Waals surface area contributed by atoms with Crippen molar-refractivity contribution >= 4 is 27.3 Å². The second-order valence-corrected chi connectivity index (χ2v) is 4.93. The van der Waals surface area contributed by atoms with E-state index in [4.69, 9.17) is 0 Å². The first kappa shape index (κ1) is 8.84. The lowest BCUT2D eigenvalue weighted by molar-refractivity contribution is 1.25. The Bertz CT molecular complexity index is 391. The van der Waals surface area contributed by atoms with Gasteiger partial charge in [0.25, 0.3) is 0 Å². The number of pyridine rings is 1. The van der Waals surface area contributed by atoms with Crippen molar-refractivity contribution in [1.82, 2.24) is 9.97 Å². The summed E-state index contributed by atoms with van der Waals surface area (Å²) in [5.41, 5.74) is 2.16. The highest BCUT2D eigenvalue weighted by Crippen LogP contribution is 2.30. The summed E-state index contributed by atoms with van der Waals surface area (Å²) in [5.74, 6) is 0. The maximum Gasteiger partial charge on any atom is 0.124 e. The topological polar surface area (TPSA) is 25.8 Å². The third-order valence-electron chi connectivity index (χ3n) is 1.67. The molecule has 2 aromatic heterocycles. The molecule has 0 radical (unpaired) electrons. The van der Waals surface area contributed by atoms with Crippen molar-refractivity contribution in [3.63, 3.8) is 0 Å². The summed E-state index contributed by atoms with van der Waals surface area (Å²) in [6.45, 7) is 1.99. The molecule has 13 heavy (non-hydrogen) atoms. The Morgan fingerprint density at radius 3 is 2.54 bits per heavy atom. The van der Waals surface area contributed by atoms with Gasteiger partial charge in [0.15, 0.2) is 0 Å². The highest BCUT2D eigenvalue weighted by Gasteiger charge is 2.05. The van der Waals surface area contributed by atoms with Gasteiger partial charge in [-0.15, -0.1) is 11.3 Å². The average molecular weight is 255 g/mol. The first-order chi connectivity index (χ1) is 6.27. The van der Waals surface area contributed by atoms with E-state index in [2.05, 4.69) is 25.9 Å². The van der Waals surface area contributed by atoms with Crippen molar-refractivity contribution in [2.24, 2.45) is 0 Å². The van der Waals surface area contributed by atoms with E-state index in [0.29, 0.717) is 0 Å². The molecule has 0 aliphatic rings. The van der Waals surface area contributed by atoms with Crippen molar-refractivity contribution in [1.29, 1.82) is 0 Å². The van der Waals surface area contributed by atoms with Gasteiger partial charge in [-0.3, -0.25) is 4.98 Å². The van der Waals surface area contributed by atoms with Gasteiger partial charge in [0, 0.05) is 18.0 Å². The normalized spacial score (nSPS) is 10.3. The largest absolute Gasteiger partial charge is 0.265 e. The van der Waals surface area contributed by atoms with E-state index in [-0.39, 0.29) is 0 Å². The van der Waals surface area contributed by atoms with Gasteiger partial charge in [0.05, 0.1) is 9.48 Å². The van der Waals surface area contributed by atoms with Crippen molar-refractivity contribution in [2.45, 2.75) is 6.92 Å². The number of hydrogen-bond donors (Lipinski definition) is 0. The van der Waals surface area contributed by atoms with Crippen LogP contribution in [0.15, 0.2) is 28.3 Å². The zero-order valence-electron chi connectivity index (χ0n) is 6.99. The Labute approximate surface area is 88.8 Å². The Balaban J connectivity index is 2.48. The molecular formula is C9H7BrN2S. The highest BCUT2D eigenvalue weighted by molar-refractivity contribution is 9.11. The maximum atomic E-state index is 4.42. The van der Waals surface area contributed by atoms with Gasteiger partial charge < -0.3 is 0 Å². The van der Waals surface area contributed by atoms with Crippen LogP contribution in [0.1, 0.15) is 5.69 Å². The third-order valence-corrected chi connectivity index (χ3v) is 3.72. The van der Waals surface area contributed by atoms with Gasteiger partial charge in [-0.2, -0.15) is 0 Å². The lowest BCUT2D eigenvalue weighted by Crippen LogP contribution is -1.76. The lowest BCUT2D eigenvalue weighted by atomic mass is 10.3. The molecule has 0 aliphatic heterocycles. The fourth-order valence-electron chi connectivity index (χ4n) is 0.996. The first-order valence-corrected chi connectivity index (χ1v) is 5.41. The van der Waals surface area contributed by atoms with Crippen LogP contribution in [0.4, 0.5) is 0 Å². The van der Waals surface area contributed by atoms with Gasteiger partial charge >= 0.3 is 0 Å². The average Bonchev–Trinajstić information content (AvgIpc) is 2.49. The van der Waals surface area contributed by atoms with E-state index in [1.807, 2.05) is 19.1 Å². The van der Waals surface area contributed by atoms with Crippen LogP contribution in [0.5, 0.6) is 0 Å². The van der Waals surface area contributed by atoms with E-state index in [1.165, 1.54) is 0 Å². The molecule has 0 aromatic carbocycles. The fraction of sp³-hybridized carbons (Fsp3) is 0.111. The minimum atomic E-state index is 1.03. The smallest absolute Gasteiger partial charge is 0.124 e. The molecule has 0 spiro atoms. The molecule has 2 nitrogen and oxygen atoms in total. The van der Waals surface area contributed by atoms with Crippen LogP contribution in [0.3, 0.4) is 0 Å². The predicted octanol–water partition coefficient (Wildman–Crippen LogP) is 3.28. The molecule has 0 amide bonds. The van der Waals surface area contributed by atoms with Crippen molar-refractivity contribution in [3.05, 3.63) is 34.0 Å².